The summed E-state index contributed by atoms with van der Waals surface area (Å²) in [6, 6.07) is -1.02. The number of carbonyl (C=O) groups excluding carboxylic acids is 2. The Labute approximate surface area is 530 Å². The molecule has 1 fully saturated rings. The second-order valence-corrected chi connectivity index (χ2v) is 26.0. The molecule has 11 heteroatoms. The molecular formula is C75H141NO10. The maximum absolute atomic E-state index is 13.5. The first kappa shape index (κ1) is 81.9. The fraction of sp³-hybridized carbons (Fsp3) is 0.893. The van der Waals surface area contributed by atoms with Crippen LogP contribution < -0.4 is 5.32 Å². The molecule has 86 heavy (non-hydrogen) atoms. The highest BCUT2D eigenvalue weighted by molar-refractivity contribution is 5.80. The Bertz CT molecular complexity index is 1540. The van der Waals surface area contributed by atoms with Gasteiger partial charge in [-0.25, -0.2) is 0 Å². The van der Waals surface area contributed by atoms with Crippen LogP contribution in [0.1, 0.15) is 367 Å². The summed E-state index contributed by atoms with van der Waals surface area (Å²) in [7, 11) is 0. The van der Waals surface area contributed by atoms with Gasteiger partial charge in [0.1, 0.15) is 24.4 Å². The third kappa shape index (κ3) is 49.6. The molecule has 0 saturated carbocycles. The minimum atomic E-state index is -1.61. The third-order valence-corrected chi connectivity index (χ3v) is 17.8. The van der Waals surface area contributed by atoms with Crippen molar-refractivity contribution in [3.63, 3.8) is 0 Å². The van der Waals surface area contributed by atoms with Crippen molar-refractivity contribution >= 4 is 11.9 Å². The van der Waals surface area contributed by atoms with Gasteiger partial charge in [-0.1, -0.05) is 320 Å². The summed E-state index contributed by atoms with van der Waals surface area (Å²) in [5.74, 6) is -1.18. The minimum absolute atomic E-state index is 0.128. The van der Waals surface area contributed by atoms with E-state index in [2.05, 4.69) is 50.4 Å². The highest BCUT2D eigenvalue weighted by Gasteiger charge is 2.47. The molecule has 8 atom stereocenters. The van der Waals surface area contributed by atoms with Gasteiger partial charge in [0.15, 0.2) is 12.4 Å². The van der Waals surface area contributed by atoms with Gasteiger partial charge in [-0.15, -0.1) is 0 Å². The molecule has 0 aromatic carbocycles. The summed E-state index contributed by atoms with van der Waals surface area (Å²) in [6.45, 7) is 5.84. The molecule has 0 aromatic rings. The van der Waals surface area contributed by atoms with Crippen LogP contribution in [-0.4, -0.2) is 99.6 Å². The van der Waals surface area contributed by atoms with Gasteiger partial charge < -0.3 is 45.1 Å². The van der Waals surface area contributed by atoms with Gasteiger partial charge in [0.2, 0.25) is 5.91 Å². The number of ether oxygens (including phenoxy) is 3. The van der Waals surface area contributed by atoms with Crippen molar-refractivity contribution in [2.75, 3.05) is 13.2 Å². The molecule has 0 aromatic heterocycles. The van der Waals surface area contributed by atoms with Gasteiger partial charge in [0, 0.05) is 6.42 Å². The van der Waals surface area contributed by atoms with E-state index in [1.165, 1.54) is 257 Å². The standard InChI is InChI=1S/C75H141NO10/c1-4-7-10-13-16-19-22-25-27-29-31-32-33-34-35-36-37-38-39-41-43-45-48-51-54-57-60-63-70(80)86-73-72(82)71(81)69(64-77)85-75(73)84-65-66(67(78)61-58-55-52-49-46-24-21-18-15-12-9-6-3)76-74(83)68(79)62-59-56-53-50-47-44-42-40-30-28-26-23-20-17-14-11-8-5-2/h25-28,58,61,66-69,71-73,75,77-79,81-82H,4-24,29-57,59-60,62-65H2,1-3H3,(H,76,83)/b27-25+,28-26+,61-58+. The average Bonchev–Trinajstić information content (AvgIpc) is 2.65. The molecule has 1 aliphatic rings. The molecule has 1 amide bonds. The van der Waals surface area contributed by atoms with E-state index < -0.39 is 67.4 Å². The van der Waals surface area contributed by atoms with Crippen LogP contribution in [-0.2, 0) is 23.8 Å². The molecule has 0 spiro atoms. The van der Waals surface area contributed by atoms with Crippen LogP contribution in [0.3, 0.4) is 0 Å². The van der Waals surface area contributed by atoms with Gasteiger partial charge in [-0.3, -0.25) is 9.59 Å². The maximum Gasteiger partial charge on any atom is 0.306 e. The van der Waals surface area contributed by atoms with Crippen LogP contribution in [0, 0.1) is 0 Å². The largest absolute Gasteiger partial charge is 0.454 e. The van der Waals surface area contributed by atoms with Crippen molar-refractivity contribution in [3.8, 4) is 0 Å². The Morgan fingerprint density at radius 2 is 0.767 bits per heavy atom. The fourth-order valence-corrected chi connectivity index (χ4v) is 11.9. The molecule has 8 unspecified atom stereocenters. The van der Waals surface area contributed by atoms with E-state index in [9.17, 15) is 35.1 Å². The van der Waals surface area contributed by atoms with Crippen molar-refractivity contribution in [1.82, 2.24) is 5.32 Å². The van der Waals surface area contributed by atoms with Crippen molar-refractivity contribution in [2.24, 2.45) is 0 Å². The topological polar surface area (TPSA) is 175 Å². The fourth-order valence-electron chi connectivity index (χ4n) is 11.9. The van der Waals surface area contributed by atoms with Gasteiger partial charge in [-0.2, -0.15) is 0 Å². The lowest BCUT2D eigenvalue weighted by atomic mass is 9.99. The smallest absolute Gasteiger partial charge is 0.306 e. The summed E-state index contributed by atoms with van der Waals surface area (Å²) in [5, 5.41) is 57.3. The Balaban J connectivity index is 2.51. The molecule has 1 heterocycles. The van der Waals surface area contributed by atoms with Crippen LogP contribution >= 0.6 is 0 Å². The number of aliphatic hydroxyl groups is 5. The van der Waals surface area contributed by atoms with Gasteiger partial charge in [0.25, 0.3) is 0 Å². The highest BCUT2D eigenvalue weighted by Crippen LogP contribution is 2.27. The highest BCUT2D eigenvalue weighted by atomic mass is 16.7. The van der Waals surface area contributed by atoms with Crippen molar-refractivity contribution in [2.45, 2.75) is 416 Å². The molecule has 1 saturated heterocycles. The van der Waals surface area contributed by atoms with E-state index in [1.807, 2.05) is 6.08 Å². The minimum Gasteiger partial charge on any atom is -0.454 e. The quantitative estimate of drug-likeness (QED) is 0.0195. The molecule has 0 radical (unpaired) electrons. The van der Waals surface area contributed by atoms with E-state index in [0.29, 0.717) is 19.3 Å². The maximum atomic E-state index is 13.5. The predicted octanol–water partition coefficient (Wildman–Crippen LogP) is 19.4. The Kier molecular flexibility index (Phi) is 60.0. The zero-order chi connectivity index (χ0) is 62.4. The van der Waals surface area contributed by atoms with Crippen LogP contribution in [0.25, 0.3) is 0 Å². The number of allylic oxidation sites excluding steroid dienone is 5. The number of amides is 1. The number of nitrogens with one attached hydrogen (secondary N) is 1. The molecule has 506 valence electrons. The molecule has 1 rings (SSSR count). The van der Waals surface area contributed by atoms with Crippen LogP contribution in [0.4, 0.5) is 0 Å². The molecule has 1 aliphatic heterocycles. The molecule has 0 bridgehead atoms. The van der Waals surface area contributed by atoms with E-state index >= 15 is 0 Å². The number of carbonyl (C=O) groups is 2. The van der Waals surface area contributed by atoms with E-state index in [1.54, 1.807) is 6.08 Å². The Morgan fingerprint density at radius 1 is 0.442 bits per heavy atom. The normalized spacial score (nSPS) is 18.4. The lowest BCUT2D eigenvalue weighted by Gasteiger charge is -2.41. The second-order valence-electron chi connectivity index (χ2n) is 26.0. The van der Waals surface area contributed by atoms with E-state index in [4.69, 9.17) is 14.2 Å². The lowest BCUT2D eigenvalue weighted by Crippen LogP contribution is -2.61. The lowest BCUT2D eigenvalue weighted by molar-refractivity contribution is -0.305. The molecule has 11 nitrogen and oxygen atoms in total. The van der Waals surface area contributed by atoms with Crippen LogP contribution in [0.2, 0.25) is 0 Å². The first-order chi connectivity index (χ1) is 42.2. The Morgan fingerprint density at radius 3 is 1.13 bits per heavy atom. The first-order valence-electron chi connectivity index (χ1n) is 37.3. The number of aliphatic hydroxyl groups excluding tert-OH is 5. The second kappa shape index (κ2) is 63.0. The average molecular weight is 1220 g/mol. The Hall–Kier alpha value is -2.12. The number of unbranched alkanes of at least 4 members (excludes halogenated alkanes) is 47. The van der Waals surface area contributed by atoms with Crippen LogP contribution in [0.5, 0.6) is 0 Å². The SMILES string of the molecule is CCCCCCCC/C=C/CCCCCCCCCCCCCCCCCCCC(=O)OC1C(OCC(NC(=O)C(O)CCCCCCCCCC/C=C/CCCCCCCC)C(O)/C=C/CCCCCCCCCCCC)OC(CO)C(O)C1O. The molecular weight excluding hydrogens is 1070 g/mol. The van der Waals surface area contributed by atoms with Crippen LogP contribution in [0.15, 0.2) is 36.5 Å². The number of hydrogen-bond donors (Lipinski definition) is 6. The van der Waals surface area contributed by atoms with Crippen molar-refractivity contribution in [3.05, 3.63) is 36.5 Å². The number of esters is 1. The predicted molar refractivity (Wildman–Crippen MR) is 361 cm³/mol. The monoisotopic (exact) mass is 1220 g/mol. The molecule has 0 aliphatic carbocycles. The summed E-state index contributed by atoms with van der Waals surface area (Å²) >= 11 is 0. The first-order valence-corrected chi connectivity index (χ1v) is 37.3. The van der Waals surface area contributed by atoms with Crippen molar-refractivity contribution < 1.29 is 49.3 Å². The number of rotatable bonds is 65. The summed E-state index contributed by atoms with van der Waals surface area (Å²) in [5.41, 5.74) is 0. The van der Waals surface area contributed by atoms with E-state index in [0.717, 1.165) is 64.2 Å². The number of hydrogen-bond acceptors (Lipinski definition) is 10. The summed E-state index contributed by atoms with van der Waals surface area (Å²) in [6.07, 6.45) is 67.7. The molecule has 6 N–H and O–H groups in total. The van der Waals surface area contributed by atoms with Crippen molar-refractivity contribution in [1.29, 1.82) is 0 Å². The van der Waals surface area contributed by atoms with Gasteiger partial charge >= 0.3 is 5.97 Å². The van der Waals surface area contributed by atoms with E-state index in [-0.39, 0.29) is 13.0 Å². The zero-order valence-corrected chi connectivity index (χ0v) is 56.5. The summed E-state index contributed by atoms with van der Waals surface area (Å²) < 4.78 is 17.7. The zero-order valence-electron chi connectivity index (χ0n) is 56.5. The van der Waals surface area contributed by atoms with Gasteiger partial charge in [-0.05, 0) is 77.0 Å². The van der Waals surface area contributed by atoms with Gasteiger partial charge in [0.05, 0.1) is 25.4 Å². The third-order valence-electron chi connectivity index (χ3n) is 17.8. The summed E-state index contributed by atoms with van der Waals surface area (Å²) in [4.78, 5) is 26.7.